The molecule has 0 aromatic carbocycles. The zero-order valence-corrected chi connectivity index (χ0v) is 9.42. The van der Waals surface area contributed by atoms with Crippen molar-refractivity contribution in [2.24, 2.45) is 7.05 Å². The molecule has 3 N–H and O–H groups in total. The van der Waals surface area contributed by atoms with Crippen LogP contribution in [0.25, 0.3) is 0 Å². The second-order valence-electron chi connectivity index (χ2n) is 3.57. The Balaban J connectivity index is 2.04. The van der Waals surface area contributed by atoms with Gasteiger partial charge in [-0.05, 0) is 18.2 Å². The zero-order chi connectivity index (χ0) is 12.3. The van der Waals surface area contributed by atoms with Crippen molar-refractivity contribution in [3.8, 4) is 0 Å². The molecule has 88 valence electrons. The number of aryl methyl sites for hydroxylation is 1. The fourth-order valence-corrected chi connectivity index (χ4v) is 1.44. The van der Waals surface area contributed by atoms with Crippen LogP contribution in [-0.4, -0.2) is 20.7 Å². The molecule has 2 heterocycles. The van der Waals surface area contributed by atoms with E-state index in [2.05, 4.69) is 15.4 Å². The fraction of sp³-hybridized carbons (Fsp3) is 0.182. The van der Waals surface area contributed by atoms with Crippen molar-refractivity contribution in [2.45, 2.75) is 6.54 Å². The van der Waals surface area contributed by atoms with Crippen molar-refractivity contribution in [3.05, 3.63) is 42.0 Å². The van der Waals surface area contributed by atoms with E-state index in [1.807, 2.05) is 13.1 Å². The minimum Gasteiger partial charge on any atom is -0.397 e. The summed E-state index contributed by atoms with van der Waals surface area (Å²) in [4.78, 5) is 15.7. The zero-order valence-electron chi connectivity index (χ0n) is 9.42. The smallest absolute Gasteiger partial charge is 0.272 e. The number of hydrogen-bond acceptors (Lipinski definition) is 4. The van der Waals surface area contributed by atoms with Gasteiger partial charge in [-0.15, -0.1) is 0 Å². The number of aromatic nitrogens is 3. The maximum atomic E-state index is 11.8. The van der Waals surface area contributed by atoms with Crippen LogP contribution in [0.3, 0.4) is 0 Å². The normalized spacial score (nSPS) is 10.2. The van der Waals surface area contributed by atoms with Crippen LogP contribution in [0.4, 0.5) is 5.69 Å². The molecule has 2 aromatic heterocycles. The third-order valence-corrected chi connectivity index (χ3v) is 2.41. The second kappa shape index (κ2) is 4.65. The predicted molar refractivity (Wildman–Crippen MR) is 63.0 cm³/mol. The molecule has 0 unspecified atom stereocenters. The summed E-state index contributed by atoms with van der Waals surface area (Å²) in [6.45, 7) is 0.394. The van der Waals surface area contributed by atoms with Crippen LogP contribution in [0.2, 0.25) is 0 Å². The molecule has 2 rings (SSSR count). The SMILES string of the molecule is Cn1nccc1CNC(=O)c1ncccc1N. The van der Waals surface area contributed by atoms with Gasteiger partial charge in [0.2, 0.25) is 0 Å². The molecule has 0 aliphatic rings. The van der Waals surface area contributed by atoms with Crippen molar-refractivity contribution >= 4 is 11.6 Å². The summed E-state index contributed by atoms with van der Waals surface area (Å²) in [7, 11) is 1.82. The minimum atomic E-state index is -0.288. The highest BCUT2D eigenvalue weighted by molar-refractivity contribution is 5.96. The molecular weight excluding hydrogens is 218 g/mol. The Labute approximate surface area is 98.5 Å². The van der Waals surface area contributed by atoms with E-state index in [0.29, 0.717) is 12.2 Å². The first-order chi connectivity index (χ1) is 8.18. The van der Waals surface area contributed by atoms with Gasteiger partial charge in [-0.3, -0.25) is 9.48 Å². The number of anilines is 1. The van der Waals surface area contributed by atoms with E-state index in [0.717, 1.165) is 5.69 Å². The van der Waals surface area contributed by atoms with E-state index in [9.17, 15) is 4.79 Å². The van der Waals surface area contributed by atoms with Crippen LogP contribution in [0.1, 0.15) is 16.2 Å². The number of carbonyl (C=O) groups excluding carboxylic acids is 1. The molecule has 6 nitrogen and oxygen atoms in total. The summed E-state index contributed by atoms with van der Waals surface area (Å²) in [5, 5.41) is 6.75. The van der Waals surface area contributed by atoms with Gasteiger partial charge in [-0.1, -0.05) is 0 Å². The van der Waals surface area contributed by atoms with E-state index in [4.69, 9.17) is 5.73 Å². The summed E-state index contributed by atoms with van der Waals surface area (Å²) < 4.78 is 1.70. The second-order valence-corrected chi connectivity index (χ2v) is 3.57. The Morgan fingerprint density at radius 3 is 2.94 bits per heavy atom. The first-order valence-electron chi connectivity index (χ1n) is 5.14. The van der Waals surface area contributed by atoms with Crippen LogP contribution in [0.15, 0.2) is 30.6 Å². The molecule has 17 heavy (non-hydrogen) atoms. The molecule has 6 heteroatoms. The third kappa shape index (κ3) is 2.41. The van der Waals surface area contributed by atoms with E-state index in [1.165, 1.54) is 6.20 Å². The Kier molecular flexibility index (Phi) is 3.04. The topological polar surface area (TPSA) is 85.8 Å². The van der Waals surface area contributed by atoms with Crippen LogP contribution in [0, 0.1) is 0 Å². The number of rotatable bonds is 3. The lowest BCUT2D eigenvalue weighted by atomic mass is 10.3. The van der Waals surface area contributed by atoms with Gasteiger partial charge in [-0.2, -0.15) is 5.10 Å². The average molecular weight is 231 g/mol. The maximum absolute atomic E-state index is 11.8. The number of nitrogens with zero attached hydrogens (tertiary/aromatic N) is 3. The summed E-state index contributed by atoms with van der Waals surface area (Å²) >= 11 is 0. The predicted octanol–water partition coefficient (Wildman–Crippen LogP) is 0.327. The lowest BCUT2D eigenvalue weighted by molar-refractivity contribution is 0.0946. The van der Waals surface area contributed by atoms with E-state index >= 15 is 0 Å². The molecule has 0 aliphatic carbocycles. The first kappa shape index (κ1) is 11.1. The number of nitrogens with one attached hydrogen (secondary N) is 1. The molecule has 0 spiro atoms. The molecule has 0 saturated carbocycles. The molecule has 0 aliphatic heterocycles. The highest BCUT2D eigenvalue weighted by atomic mass is 16.1. The Morgan fingerprint density at radius 1 is 1.47 bits per heavy atom. The van der Waals surface area contributed by atoms with E-state index < -0.39 is 0 Å². The van der Waals surface area contributed by atoms with Gasteiger partial charge in [0.1, 0.15) is 0 Å². The lowest BCUT2D eigenvalue weighted by Gasteiger charge is -2.06. The Bertz CT molecular complexity index is 534. The highest BCUT2D eigenvalue weighted by Crippen LogP contribution is 2.06. The van der Waals surface area contributed by atoms with Gasteiger partial charge >= 0.3 is 0 Å². The summed E-state index contributed by atoms with van der Waals surface area (Å²) in [5.41, 5.74) is 7.18. The van der Waals surface area contributed by atoms with Crippen molar-refractivity contribution < 1.29 is 4.79 Å². The first-order valence-corrected chi connectivity index (χ1v) is 5.14. The molecule has 0 bridgehead atoms. The largest absolute Gasteiger partial charge is 0.397 e. The highest BCUT2D eigenvalue weighted by Gasteiger charge is 2.10. The summed E-state index contributed by atoms with van der Waals surface area (Å²) in [6, 6.07) is 5.17. The van der Waals surface area contributed by atoms with Crippen molar-refractivity contribution in [1.29, 1.82) is 0 Å². The molecule has 0 fully saturated rings. The molecule has 2 aromatic rings. The van der Waals surface area contributed by atoms with Crippen LogP contribution >= 0.6 is 0 Å². The third-order valence-electron chi connectivity index (χ3n) is 2.41. The number of hydrogen-bond donors (Lipinski definition) is 2. The quantitative estimate of drug-likeness (QED) is 0.797. The summed E-state index contributed by atoms with van der Waals surface area (Å²) in [5.74, 6) is -0.288. The maximum Gasteiger partial charge on any atom is 0.272 e. The fourth-order valence-electron chi connectivity index (χ4n) is 1.44. The lowest BCUT2D eigenvalue weighted by Crippen LogP contribution is -2.25. The van der Waals surface area contributed by atoms with Gasteiger partial charge in [0, 0.05) is 19.4 Å². The average Bonchev–Trinajstić information content (AvgIpc) is 2.72. The molecule has 1 amide bonds. The Hall–Kier alpha value is -2.37. The number of amides is 1. The number of carbonyl (C=O) groups is 1. The summed E-state index contributed by atoms with van der Waals surface area (Å²) in [6.07, 6.45) is 3.21. The standard InChI is InChI=1S/C11H13N5O/c1-16-8(4-6-15-16)7-14-11(17)10-9(12)3-2-5-13-10/h2-6H,7,12H2,1H3,(H,14,17). The van der Waals surface area contributed by atoms with Crippen LogP contribution < -0.4 is 11.1 Å². The Morgan fingerprint density at radius 2 is 2.29 bits per heavy atom. The van der Waals surface area contributed by atoms with Gasteiger partial charge in [0.25, 0.3) is 5.91 Å². The molecule has 0 atom stereocenters. The van der Waals surface area contributed by atoms with Crippen molar-refractivity contribution in [2.75, 3.05) is 5.73 Å². The number of pyridine rings is 1. The van der Waals surface area contributed by atoms with Crippen LogP contribution in [-0.2, 0) is 13.6 Å². The van der Waals surface area contributed by atoms with Gasteiger partial charge in [0.05, 0.1) is 17.9 Å². The van der Waals surface area contributed by atoms with E-state index in [-0.39, 0.29) is 11.6 Å². The van der Waals surface area contributed by atoms with Gasteiger partial charge in [0.15, 0.2) is 5.69 Å². The number of nitrogens with two attached hydrogens (primary N) is 1. The molecular formula is C11H13N5O. The molecule has 0 saturated heterocycles. The van der Waals surface area contributed by atoms with Gasteiger partial charge in [-0.25, -0.2) is 4.98 Å². The minimum absolute atomic E-state index is 0.245. The van der Waals surface area contributed by atoms with Crippen LogP contribution in [0.5, 0.6) is 0 Å². The monoisotopic (exact) mass is 231 g/mol. The van der Waals surface area contributed by atoms with Gasteiger partial charge < -0.3 is 11.1 Å². The number of nitrogen functional groups attached to an aromatic ring is 1. The van der Waals surface area contributed by atoms with Crippen molar-refractivity contribution in [3.63, 3.8) is 0 Å². The van der Waals surface area contributed by atoms with Crippen molar-refractivity contribution in [1.82, 2.24) is 20.1 Å². The van der Waals surface area contributed by atoms with E-state index in [1.54, 1.807) is 23.0 Å². The molecule has 0 radical (unpaired) electrons.